The number of nitrogens with zero attached hydrogens (tertiary/aromatic N) is 1. The van der Waals surface area contributed by atoms with E-state index >= 15 is 0 Å². The molecule has 4 heteroatoms. The molecule has 1 N–H and O–H groups in total. The van der Waals surface area contributed by atoms with E-state index in [2.05, 4.69) is 6.92 Å². The summed E-state index contributed by atoms with van der Waals surface area (Å²) in [6.07, 6.45) is 21.5. The van der Waals surface area contributed by atoms with Gasteiger partial charge in [-0.15, -0.1) is 0 Å². The number of aromatic hydroxyl groups is 1. The molecular formula is C26H41NO3. The molecule has 0 unspecified atom stereocenters. The summed E-state index contributed by atoms with van der Waals surface area (Å²) in [4.78, 5) is 17.5. The van der Waals surface area contributed by atoms with Gasteiger partial charge in [0.05, 0.1) is 11.7 Å². The van der Waals surface area contributed by atoms with Crippen LogP contribution in [0.4, 0.5) is 0 Å². The maximum Gasteiger partial charge on any atom is 0.332 e. The first-order chi connectivity index (χ1) is 14.7. The number of carbonyl (C=O) groups is 1. The molecule has 1 aromatic carbocycles. The van der Waals surface area contributed by atoms with E-state index in [1.165, 1.54) is 94.4 Å². The van der Waals surface area contributed by atoms with E-state index in [1.54, 1.807) is 0 Å². The van der Waals surface area contributed by atoms with Gasteiger partial charge in [0.1, 0.15) is 5.75 Å². The van der Waals surface area contributed by atoms with Gasteiger partial charge < -0.3 is 9.94 Å². The van der Waals surface area contributed by atoms with Crippen molar-refractivity contribution in [3.05, 3.63) is 30.5 Å². The largest absolute Gasteiger partial charge is 0.506 e. The summed E-state index contributed by atoms with van der Waals surface area (Å²) in [7, 11) is 0. The molecule has 1 heterocycles. The Kier molecular flexibility index (Phi) is 12.1. The fourth-order valence-electron chi connectivity index (χ4n) is 4.00. The van der Waals surface area contributed by atoms with Crippen LogP contribution in [0.15, 0.2) is 30.5 Å². The van der Waals surface area contributed by atoms with Gasteiger partial charge in [-0.05, 0) is 18.6 Å². The predicted octanol–water partition coefficient (Wildman–Crippen LogP) is 7.56. The van der Waals surface area contributed by atoms with E-state index < -0.39 is 0 Å². The van der Waals surface area contributed by atoms with Crippen molar-refractivity contribution < 1.29 is 14.7 Å². The van der Waals surface area contributed by atoms with Crippen LogP contribution >= 0.6 is 0 Å². The molecule has 168 valence electrons. The predicted molar refractivity (Wildman–Crippen MR) is 125 cm³/mol. The van der Waals surface area contributed by atoms with Crippen LogP contribution in [0.5, 0.6) is 5.75 Å². The fraction of sp³-hybridized carbons (Fsp3) is 0.654. The van der Waals surface area contributed by atoms with E-state index in [9.17, 15) is 9.90 Å². The van der Waals surface area contributed by atoms with Gasteiger partial charge in [0.2, 0.25) is 0 Å². The summed E-state index contributed by atoms with van der Waals surface area (Å²) < 4.78 is 1.37. The molecule has 1 aromatic heterocycles. The van der Waals surface area contributed by atoms with E-state index in [0.29, 0.717) is 17.3 Å². The molecule has 0 aliphatic carbocycles. The lowest BCUT2D eigenvalue weighted by Crippen LogP contribution is -2.18. The Bertz CT molecular complexity index is 722. The number of hydrogen-bond donors (Lipinski definition) is 1. The van der Waals surface area contributed by atoms with Gasteiger partial charge in [-0.25, -0.2) is 4.79 Å². The van der Waals surface area contributed by atoms with Crippen molar-refractivity contribution in [2.24, 2.45) is 0 Å². The van der Waals surface area contributed by atoms with Crippen molar-refractivity contribution in [2.45, 2.75) is 110 Å². The summed E-state index contributed by atoms with van der Waals surface area (Å²) in [5.74, 6) is -0.115. The molecule has 0 aliphatic heterocycles. The number of rotatable bonds is 17. The first-order valence-corrected chi connectivity index (χ1v) is 12.2. The van der Waals surface area contributed by atoms with Crippen molar-refractivity contribution in [3.8, 4) is 5.75 Å². The minimum Gasteiger partial charge on any atom is -0.506 e. The highest BCUT2D eigenvalue weighted by Gasteiger charge is 2.11. The van der Waals surface area contributed by atoms with Gasteiger partial charge in [0, 0.05) is 11.8 Å². The van der Waals surface area contributed by atoms with E-state index in [4.69, 9.17) is 4.84 Å². The van der Waals surface area contributed by atoms with Crippen molar-refractivity contribution >= 4 is 16.9 Å². The molecule has 2 rings (SSSR count). The van der Waals surface area contributed by atoms with Crippen molar-refractivity contribution in [1.82, 2.24) is 4.73 Å². The minimum absolute atomic E-state index is 0.130. The summed E-state index contributed by atoms with van der Waals surface area (Å²) in [6.45, 7) is 2.27. The van der Waals surface area contributed by atoms with Gasteiger partial charge in [-0.2, -0.15) is 4.73 Å². The average Bonchev–Trinajstić information content (AvgIpc) is 3.06. The van der Waals surface area contributed by atoms with Gasteiger partial charge in [-0.3, -0.25) is 0 Å². The van der Waals surface area contributed by atoms with E-state index in [0.717, 1.165) is 12.8 Å². The Morgan fingerprint density at radius 1 is 0.800 bits per heavy atom. The zero-order valence-corrected chi connectivity index (χ0v) is 18.9. The standard InChI is InChI=1S/C26H41NO3/c1-2-3-4-5-6-7-8-9-10-11-12-13-14-15-16-21-26(29)30-27-22-25(28)23-19-17-18-20-24(23)27/h17-20,22,28H,2-16,21H2,1H3. The number of unbranched alkanes of at least 4 members (excludes halogenated alkanes) is 14. The van der Waals surface area contributed by atoms with E-state index in [1.807, 2.05) is 24.3 Å². The monoisotopic (exact) mass is 415 g/mol. The molecule has 30 heavy (non-hydrogen) atoms. The molecule has 0 amide bonds. The molecule has 2 aromatic rings. The van der Waals surface area contributed by atoms with Gasteiger partial charge in [-0.1, -0.05) is 109 Å². The Labute approximate surface area is 182 Å². The van der Waals surface area contributed by atoms with Crippen LogP contribution in [0.2, 0.25) is 0 Å². The maximum absolute atomic E-state index is 12.1. The molecule has 0 atom stereocenters. The highest BCUT2D eigenvalue weighted by Crippen LogP contribution is 2.25. The number of carbonyl (C=O) groups excluding carboxylic acids is 1. The third kappa shape index (κ3) is 9.23. The van der Waals surface area contributed by atoms with Gasteiger partial charge >= 0.3 is 5.97 Å². The van der Waals surface area contributed by atoms with Crippen LogP contribution in [0.25, 0.3) is 10.9 Å². The fourth-order valence-corrected chi connectivity index (χ4v) is 4.00. The first-order valence-electron chi connectivity index (χ1n) is 12.2. The second-order valence-corrected chi connectivity index (χ2v) is 8.52. The molecule has 4 nitrogen and oxygen atoms in total. The highest BCUT2D eigenvalue weighted by atomic mass is 16.7. The third-order valence-electron chi connectivity index (χ3n) is 5.84. The number of aromatic nitrogens is 1. The number of para-hydroxylation sites is 1. The zero-order chi connectivity index (χ0) is 21.4. The Morgan fingerprint density at radius 3 is 1.87 bits per heavy atom. The van der Waals surface area contributed by atoms with Crippen LogP contribution < -0.4 is 4.84 Å². The summed E-state index contributed by atoms with van der Waals surface area (Å²) in [5, 5.41) is 10.6. The van der Waals surface area contributed by atoms with Crippen LogP contribution in [0.3, 0.4) is 0 Å². The zero-order valence-electron chi connectivity index (χ0n) is 18.9. The normalized spacial score (nSPS) is 11.2. The lowest BCUT2D eigenvalue weighted by atomic mass is 10.0. The van der Waals surface area contributed by atoms with Crippen molar-refractivity contribution in [2.75, 3.05) is 0 Å². The molecule has 0 saturated heterocycles. The Morgan fingerprint density at radius 2 is 1.30 bits per heavy atom. The minimum atomic E-state index is -0.245. The van der Waals surface area contributed by atoms with Gasteiger partial charge in [0.25, 0.3) is 0 Å². The van der Waals surface area contributed by atoms with Crippen LogP contribution in [-0.2, 0) is 4.79 Å². The maximum atomic E-state index is 12.1. The summed E-state index contributed by atoms with van der Waals surface area (Å²) in [6, 6.07) is 7.35. The molecule has 0 fully saturated rings. The van der Waals surface area contributed by atoms with Crippen LogP contribution in [0, 0.1) is 0 Å². The third-order valence-corrected chi connectivity index (χ3v) is 5.84. The smallest absolute Gasteiger partial charge is 0.332 e. The summed E-state index contributed by atoms with van der Waals surface area (Å²) >= 11 is 0. The lowest BCUT2D eigenvalue weighted by Gasteiger charge is -2.06. The second kappa shape index (κ2) is 14.9. The van der Waals surface area contributed by atoms with Crippen molar-refractivity contribution in [3.63, 3.8) is 0 Å². The number of fused-ring (bicyclic) bond motifs is 1. The SMILES string of the molecule is CCCCCCCCCCCCCCCCCC(=O)On1cc(O)c2ccccc21. The molecule has 0 saturated carbocycles. The topological polar surface area (TPSA) is 51.5 Å². The van der Waals surface area contributed by atoms with Crippen molar-refractivity contribution in [1.29, 1.82) is 0 Å². The first kappa shape index (κ1) is 24.3. The quantitative estimate of drug-likeness (QED) is 0.271. The average molecular weight is 416 g/mol. The molecule has 0 spiro atoms. The molecular weight excluding hydrogens is 374 g/mol. The Balaban J connectivity index is 1.41. The van der Waals surface area contributed by atoms with E-state index in [-0.39, 0.29) is 11.7 Å². The second-order valence-electron chi connectivity index (χ2n) is 8.52. The number of benzene rings is 1. The van der Waals surface area contributed by atoms with Crippen LogP contribution in [-0.4, -0.2) is 15.8 Å². The summed E-state index contributed by atoms with van der Waals surface area (Å²) in [5.41, 5.74) is 0.708. The molecule has 0 aliphatic rings. The van der Waals surface area contributed by atoms with Gasteiger partial charge in [0.15, 0.2) is 0 Å². The Hall–Kier alpha value is -1.97. The number of hydrogen-bond acceptors (Lipinski definition) is 3. The lowest BCUT2D eigenvalue weighted by molar-refractivity contribution is -0.143. The molecule has 0 bridgehead atoms. The van der Waals surface area contributed by atoms with Crippen LogP contribution in [0.1, 0.15) is 110 Å². The molecule has 0 radical (unpaired) electrons. The highest BCUT2D eigenvalue weighted by molar-refractivity contribution is 5.86.